The summed E-state index contributed by atoms with van der Waals surface area (Å²) in [4.78, 5) is 53.4. The Hall–Kier alpha value is -3.34. The molecule has 11 heteroatoms. The topological polar surface area (TPSA) is 148 Å². The van der Waals surface area contributed by atoms with Crippen LogP contribution in [0.4, 0.5) is 9.59 Å². The van der Waals surface area contributed by atoms with Crippen molar-refractivity contribution < 1.29 is 28.7 Å². The number of aromatic nitrogens is 4. The lowest BCUT2D eigenvalue weighted by atomic mass is 10.2. The lowest BCUT2D eigenvalue weighted by Gasteiger charge is -2.09. The zero-order valence-electron chi connectivity index (χ0n) is 12.3. The van der Waals surface area contributed by atoms with Crippen molar-refractivity contribution >= 4 is 24.1 Å². The minimum Gasteiger partial charge on any atom is -0.376 e. The van der Waals surface area contributed by atoms with E-state index in [-0.39, 0.29) is 12.8 Å². The van der Waals surface area contributed by atoms with E-state index in [1.54, 1.807) is 0 Å². The first kappa shape index (κ1) is 17.0. The SMILES string of the molecule is N[C@H](CCC(=O)OC(=O)n1ccnc1)C(=O)OC(=O)n1ccnc1. The molecular formula is C13H13N5O6. The van der Waals surface area contributed by atoms with E-state index in [0.29, 0.717) is 0 Å². The number of carbonyl (C=O) groups is 4. The van der Waals surface area contributed by atoms with Crippen molar-refractivity contribution in [3.05, 3.63) is 37.4 Å². The molecule has 126 valence electrons. The van der Waals surface area contributed by atoms with Gasteiger partial charge in [0.05, 0.1) is 0 Å². The van der Waals surface area contributed by atoms with E-state index in [1.807, 2.05) is 0 Å². The van der Waals surface area contributed by atoms with Crippen LogP contribution in [0.3, 0.4) is 0 Å². The number of carbonyl (C=O) groups excluding carboxylic acids is 4. The highest BCUT2D eigenvalue weighted by Crippen LogP contribution is 2.02. The van der Waals surface area contributed by atoms with Crippen LogP contribution in [0.1, 0.15) is 12.8 Å². The molecule has 2 rings (SSSR count). The molecule has 0 aliphatic carbocycles. The van der Waals surface area contributed by atoms with E-state index in [4.69, 9.17) is 5.73 Å². The molecule has 0 saturated carbocycles. The Morgan fingerprint density at radius 3 is 2.00 bits per heavy atom. The molecule has 0 saturated heterocycles. The highest BCUT2D eigenvalue weighted by molar-refractivity contribution is 5.89. The molecule has 0 radical (unpaired) electrons. The molecule has 0 aliphatic heterocycles. The van der Waals surface area contributed by atoms with Crippen LogP contribution in [-0.4, -0.2) is 49.3 Å². The van der Waals surface area contributed by atoms with Crippen LogP contribution in [0.5, 0.6) is 0 Å². The lowest BCUT2D eigenvalue weighted by molar-refractivity contribution is -0.140. The zero-order valence-corrected chi connectivity index (χ0v) is 12.3. The fraction of sp³-hybridized carbons (Fsp3) is 0.231. The summed E-state index contributed by atoms with van der Waals surface area (Å²) in [5, 5.41) is 0. The van der Waals surface area contributed by atoms with Gasteiger partial charge < -0.3 is 15.2 Å². The summed E-state index contributed by atoms with van der Waals surface area (Å²) in [5.41, 5.74) is 5.53. The van der Waals surface area contributed by atoms with Crippen molar-refractivity contribution in [2.24, 2.45) is 5.73 Å². The quantitative estimate of drug-likeness (QED) is 0.597. The third-order valence-corrected chi connectivity index (χ3v) is 2.78. The first-order valence-corrected chi connectivity index (χ1v) is 6.70. The Kier molecular flexibility index (Phi) is 5.52. The van der Waals surface area contributed by atoms with E-state index in [0.717, 1.165) is 15.5 Å². The molecule has 2 aromatic heterocycles. The Balaban J connectivity index is 1.74. The highest BCUT2D eigenvalue weighted by Gasteiger charge is 2.22. The Morgan fingerprint density at radius 1 is 0.958 bits per heavy atom. The van der Waals surface area contributed by atoms with Crippen LogP contribution < -0.4 is 5.73 Å². The number of ether oxygens (including phenoxy) is 2. The van der Waals surface area contributed by atoms with Gasteiger partial charge in [0.2, 0.25) is 0 Å². The van der Waals surface area contributed by atoms with Crippen molar-refractivity contribution in [1.29, 1.82) is 0 Å². The maximum absolute atomic E-state index is 11.6. The molecule has 1 atom stereocenters. The molecule has 0 unspecified atom stereocenters. The van der Waals surface area contributed by atoms with Gasteiger partial charge in [0.1, 0.15) is 18.7 Å². The fourth-order valence-corrected chi connectivity index (χ4v) is 1.54. The Labute approximate surface area is 135 Å². The summed E-state index contributed by atoms with van der Waals surface area (Å²) in [6.45, 7) is 0. The van der Waals surface area contributed by atoms with E-state index >= 15 is 0 Å². The van der Waals surface area contributed by atoms with Gasteiger partial charge >= 0.3 is 24.1 Å². The second kappa shape index (κ2) is 7.78. The minimum absolute atomic E-state index is 0.161. The molecule has 2 N–H and O–H groups in total. The normalized spacial score (nSPS) is 11.5. The van der Waals surface area contributed by atoms with Gasteiger partial charge in [-0.25, -0.2) is 33.5 Å². The number of nitrogens with two attached hydrogens (primary N) is 1. The van der Waals surface area contributed by atoms with Crippen molar-refractivity contribution in [3.8, 4) is 0 Å². The van der Waals surface area contributed by atoms with Gasteiger partial charge in [-0.3, -0.25) is 4.79 Å². The fourth-order valence-electron chi connectivity index (χ4n) is 1.54. The first-order chi connectivity index (χ1) is 11.5. The maximum Gasteiger partial charge on any atom is 0.427 e. The van der Waals surface area contributed by atoms with Crippen LogP contribution in [0, 0.1) is 0 Å². The molecule has 2 aromatic rings. The number of hydrogen-bond acceptors (Lipinski definition) is 9. The zero-order chi connectivity index (χ0) is 17.5. The van der Waals surface area contributed by atoms with E-state index < -0.39 is 30.2 Å². The predicted molar refractivity (Wildman–Crippen MR) is 75.4 cm³/mol. The molecule has 0 aliphatic rings. The molecule has 11 nitrogen and oxygen atoms in total. The van der Waals surface area contributed by atoms with Crippen LogP contribution >= 0.6 is 0 Å². The third kappa shape index (κ3) is 4.58. The van der Waals surface area contributed by atoms with Gasteiger partial charge in [-0.2, -0.15) is 0 Å². The summed E-state index contributed by atoms with van der Waals surface area (Å²) in [7, 11) is 0. The smallest absolute Gasteiger partial charge is 0.376 e. The average molecular weight is 335 g/mol. The average Bonchev–Trinajstić information content (AvgIpc) is 3.24. The van der Waals surface area contributed by atoms with Gasteiger partial charge in [0, 0.05) is 31.2 Å². The number of imidazole rings is 2. The van der Waals surface area contributed by atoms with Crippen molar-refractivity contribution in [1.82, 2.24) is 19.1 Å². The second-order valence-corrected chi connectivity index (χ2v) is 4.51. The van der Waals surface area contributed by atoms with Gasteiger partial charge in [0.25, 0.3) is 0 Å². The Bertz CT molecular complexity index is 724. The number of hydrogen-bond donors (Lipinski definition) is 1. The van der Waals surface area contributed by atoms with Crippen molar-refractivity contribution in [2.75, 3.05) is 0 Å². The summed E-state index contributed by atoms with van der Waals surface area (Å²) in [6, 6.07) is -1.23. The first-order valence-electron chi connectivity index (χ1n) is 6.70. The molecule has 0 spiro atoms. The van der Waals surface area contributed by atoms with Gasteiger partial charge in [0.15, 0.2) is 0 Å². The molecule has 0 amide bonds. The third-order valence-electron chi connectivity index (χ3n) is 2.78. The largest absolute Gasteiger partial charge is 0.427 e. The number of nitrogens with zero attached hydrogens (tertiary/aromatic N) is 4. The maximum atomic E-state index is 11.6. The van der Waals surface area contributed by atoms with Crippen LogP contribution in [-0.2, 0) is 19.1 Å². The molecule has 0 fully saturated rings. The van der Waals surface area contributed by atoms with E-state index in [2.05, 4.69) is 19.4 Å². The summed E-state index contributed by atoms with van der Waals surface area (Å²) in [5.74, 6) is -1.89. The van der Waals surface area contributed by atoms with Crippen LogP contribution in [0.15, 0.2) is 37.4 Å². The minimum atomic E-state index is -1.23. The predicted octanol–water partition coefficient (Wildman–Crippen LogP) is -0.0901. The molecule has 2 heterocycles. The van der Waals surface area contributed by atoms with Crippen molar-refractivity contribution in [3.63, 3.8) is 0 Å². The summed E-state index contributed by atoms with van der Waals surface area (Å²) < 4.78 is 11.0. The molecule has 0 aromatic carbocycles. The summed E-state index contributed by atoms with van der Waals surface area (Å²) in [6.07, 6.45) is 5.23. The summed E-state index contributed by atoms with van der Waals surface area (Å²) >= 11 is 0. The standard InChI is InChI=1S/C13H13N5O6/c14-9(11(20)24-13(22)18-6-4-16-8-18)1-2-10(19)23-12(21)17-5-3-15-7-17/h3-9H,1-2,14H2/t9-/m1/s1. The highest BCUT2D eigenvalue weighted by atomic mass is 16.6. The number of rotatable bonds is 4. The van der Waals surface area contributed by atoms with Gasteiger partial charge in [-0.15, -0.1) is 0 Å². The van der Waals surface area contributed by atoms with Crippen LogP contribution in [0.2, 0.25) is 0 Å². The van der Waals surface area contributed by atoms with Crippen LogP contribution in [0.25, 0.3) is 0 Å². The van der Waals surface area contributed by atoms with Gasteiger partial charge in [-0.1, -0.05) is 0 Å². The second-order valence-electron chi connectivity index (χ2n) is 4.51. The van der Waals surface area contributed by atoms with E-state index in [1.165, 1.54) is 31.1 Å². The van der Waals surface area contributed by atoms with E-state index in [9.17, 15) is 19.2 Å². The molecular weight excluding hydrogens is 322 g/mol. The Morgan fingerprint density at radius 2 is 1.50 bits per heavy atom. The lowest BCUT2D eigenvalue weighted by Crippen LogP contribution is -2.35. The number of esters is 2. The van der Waals surface area contributed by atoms with Crippen molar-refractivity contribution in [2.45, 2.75) is 18.9 Å². The van der Waals surface area contributed by atoms with Gasteiger partial charge in [-0.05, 0) is 6.42 Å². The monoisotopic (exact) mass is 335 g/mol. The molecule has 0 bridgehead atoms. The molecule has 24 heavy (non-hydrogen) atoms.